The number of nitrogens with zero attached hydrogens (tertiary/aromatic N) is 7. The Balaban J connectivity index is 1.28. The van der Waals surface area contributed by atoms with Crippen LogP contribution in [0.2, 0.25) is 0 Å². The smallest absolute Gasteiger partial charge is 0.241 e. The minimum absolute atomic E-state index is 0.0201. The Kier molecular flexibility index (Phi) is 5.15. The molecule has 1 saturated heterocycles. The van der Waals surface area contributed by atoms with Gasteiger partial charge in [0.2, 0.25) is 12.4 Å². The van der Waals surface area contributed by atoms with Gasteiger partial charge in [-0.05, 0) is 39.5 Å². The van der Waals surface area contributed by atoms with E-state index in [4.69, 9.17) is 19.7 Å². The van der Waals surface area contributed by atoms with Crippen LogP contribution in [-0.2, 0) is 4.74 Å². The molecule has 4 aliphatic rings. The second-order valence-corrected chi connectivity index (χ2v) is 9.88. The number of aromatic nitrogens is 4. The summed E-state index contributed by atoms with van der Waals surface area (Å²) in [4.78, 5) is 21.2. The number of rotatable bonds is 5. The normalized spacial score (nSPS) is 29.8. The van der Waals surface area contributed by atoms with Crippen molar-refractivity contribution in [3.05, 3.63) is 17.1 Å². The van der Waals surface area contributed by atoms with Crippen LogP contribution in [-0.4, -0.2) is 76.0 Å². The maximum Gasteiger partial charge on any atom is 0.241 e. The summed E-state index contributed by atoms with van der Waals surface area (Å²) >= 11 is 0. The summed E-state index contributed by atoms with van der Waals surface area (Å²) in [6.07, 6.45) is 3.07. The van der Waals surface area contributed by atoms with E-state index in [1.807, 2.05) is 20.1 Å². The van der Waals surface area contributed by atoms with Crippen LogP contribution in [0.1, 0.15) is 48.7 Å². The molecule has 10 heteroatoms. The molecule has 8 nitrogen and oxygen atoms in total. The molecule has 1 unspecified atom stereocenters. The Hall–Kier alpha value is -2.49. The molecule has 2 aliphatic heterocycles. The van der Waals surface area contributed by atoms with Crippen LogP contribution in [0.15, 0.2) is 5.10 Å². The van der Waals surface area contributed by atoms with Gasteiger partial charge in [-0.1, -0.05) is 0 Å². The number of aryl methyl sites for hydroxylation is 2. The molecule has 0 spiro atoms. The van der Waals surface area contributed by atoms with Crippen LogP contribution in [0.5, 0.6) is 0 Å². The molecule has 0 N–H and O–H groups in total. The summed E-state index contributed by atoms with van der Waals surface area (Å²) in [5, 5.41) is 6.78. The molecule has 2 saturated carbocycles. The van der Waals surface area contributed by atoms with Crippen molar-refractivity contribution in [1.82, 2.24) is 24.9 Å². The maximum absolute atomic E-state index is 13.1. The average molecular weight is 458 g/mol. The van der Waals surface area contributed by atoms with E-state index in [-0.39, 0.29) is 17.9 Å². The molecule has 0 bridgehead atoms. The maximum atomic E-state index is 13.1. The highest BCUT2D eigenvalue weighted by atomic mass is 19.3. The van der Waals surface area contributed by atoms with Gasteiger partial charge in [-0.15, -0.1) is 0 Å². The molecule has 4 heterocycles. The third-order valence-electron chi connectivity index (χ3n) is 7.50. The highest BCUT2D eigenvalue weighted by Crippen LogP contribution is 2.45. The van der Waals surface area contributed by atoms with Gasteiger partial charge in [0, 0.05) is 49.6 Å². The SMILES string of the molecule is Cc1nc2nc(N3CCO[C@H](C4C=NN(C5CC5)C4)C3)nc([C@H]3C[C@H](C(F)F)C3)c2nc1C. The highest BCUT2D eigenvalue weighted by Gasteiger charge is 2.40. The number of alkyl halides is 2. The standard InChI is InChI=1S/C23H29F2N7O/c1-12-13(2)28-22-20(27-12)19(14-7-15(8-14)21(24)25)29-23(30-22)31-5-6-33-18(11-31)16-9-26-32(10-16)17-3-4-17/h9,14-18,21H,3-8,10-11H2,1-2H3/t14-,15-,16?,18-/m0/s1. The number of hydrazone groups is 1. The number of anilines is 1. The molecule has 2 aliphatic carbocycles. The third-order valence-corrected chi connectivity index (χ3v) is 7.50. The minimum atomic E-state index is -2.29. The quantitative estimate of drug-likeness (QED) is 0.683. The minimum Gasteiger partial charge on any atom is -0.374 e. The van der Waals surface area contributed by atoms with E-state index in [1.54, 1.807) is 0 Å². The summed E-state index contributed by atoms with van der Waals surface area (Å²) in [5.74, 6) is 0.247. The zero-order valence-electron chi connectivity index (χ0n) is 19.0. The van der Waals surface area contributed by atoms with Gasteiger partial charge in [0.15, 0.2) is 5.65 Å². The molecule has 33 heavy (non-hydrogen) atoms. The van der Waals surface area contributed by atoms with Crippen molar-refractivity contribution in [2.24, 2.45) is 16.9 Å². The van der Waals surface area contributed by atoms with E-state index in [2.05, 4.69) is 20.0 Å². The number of morpholine rings is 1. The van der Waals surface area contributed by atoms with Crippen molar-refractivity contribution in [3.8, 4) is 0 Å². The first-order valence-corrected chi connectivity index (χ1v) is 11.9. The summed E-state index contributed by atoms with van der Waals surface area (Å²) in [6.45, 7) is 6.65. The van der Waals surface area contributed by atoms with Crippen LogP contribution in [0.4, 0.5) is 14.7 Å². The first-order valence-electron chi connectivity index (χ1n) is 11.9. The van der Waals surface area contributed by atoms with Crippen molar-refractivity contribution < 1.29 is 13.5 Å². The molecule has 3 fully saturated rings. The van der Waals surface area contributed by atoms with Gasteiger partial charge < -0.3 is 9.64 Å². The zero-order valence-corrected chi connectivity index (χ0v) is 19.0. The lowest BCUT2D eigenvalue weighted by Gasteiger charge is -2.37. The van der Waals surface area contributed by atoms with E-state index < -0.39 is 12.3 Å². The van der Waals surface area contributed by atoms with Gasteiger partial charge in [-0.3, -0.25) is 5.01 Å². The lowest BCUT2D eigenvalue weighted by molar-refractivity contribution is 0.0153. The first-order chi connectivity index (χ1) is 16.0. The van der Waals surface area contributed by atoms with Crippen LogP contribution >= 0.6 is 0 Å². The summed E-state index contributed by atoms with van der Waals surface area (Å²) in [7, 11) is 0. The Labute approximate surface area is 191 Å². The Morgan fingerprint density at radius 1 is 1.03 bits per heavy atom. The van der Waals surface area contributed by atoms with E-state index in [0.717, 1.165) is 23.6 Å². The molecule has 0 aromatic carbocycles. The first kappa shape index (κ1) is 21.1. The average Bonchev–Trinajstić information content (AvgIpc) is 3.50. The van der Waals surface area contributed by atoms with Crippen molar-refractivity contribution in [2.75, 3.05) is 31.1 Å². The number of hydrogen-bond acceptors (Lipinski definition) is 8. The predicted molar refractivity (Wildman–Crippen MR) is 120 cm³/mol. The molecular weight excluding hydrogens is 428 g/mol. The molecule has 6 rings (SSSR count). The van der Waals surface area contributed by atoms with Crippen molar-refractivity contribution in [3.63, 3.8) is 0 Å². The number of halogens is 2. The van der Waals surface area contributed by atoms with Gasteiger partial charge in [0.1, 0.15) is 5.52 Å². The lowest BCUT2D eigenvalue weighted by Crippen LogP contribution is -2.48. The highest BCUT2D eigenvalue weighted by molar-refractivity contribution is 5.75. The van der Waals surface area contributed by atoms with Crippen LogP contribution in [0, 0.1) is 25.7 Å². The molecule has 0 radical (unpaired) electrons. The van der Waals surface area contributed by atoms with Crippen LogP contribution in [0.3, 0.4) is 0 Å². The molecule has 2 atom stereocenters. The van der Waals surface area contributed by atoms with Gasteiger partial charge in [-0.25, -0.2) is 23.7 Å². The summed E-state index contributed by atoms with van der Waals surface area (Å²) in [5.41, 5.74) is 3.58. The second-order valence-electron chi connectivity index (χ2n) is 9.88. The molecule has 2 aromatic heterocycles. The lowest BCUT2D eigenvalue weighted by atomic mass is 9.73. The monoisotopic (exact) mass is 457 g/mol. The van der Waals surface area contributed by atoms with Crippen molar-refractivity contribution in [1.29, 1.82) is 0 Å². The molecular formula is C23H29F2N7O. The van der Waals surface area contributed by atoms with Gasteiger partial charge in [0.05, 0.1) is 29.8 Å². The molecule has 0 amide bonds. The van der Waals surface area contributed by atoms with Crippen molar-refractivity contribution >= 4 is 23.3 Å². The fourth-order valence-electron chi connectivity index (χ4n) is 5.07. The van der Waals surface area contributed by atoms with E-state index in [1.165, 1.54) is 12.8 Å². The van der Waals surface area contributed by atoms with E-state index in [0.29, 0.717) is 55.7 Å². The second kappa shape index (κ2) is 8.07. The van der Waals surface area contributed by atoms with Gasteiger partial charge >= 0.3 is 0 Å². The largest absolute Gasteiger partial charge is 0.374 e. The summed E-state index contributed by atoms with van der Waals surface area (Å²) < 4.78 is 32.4. The molecule has 176 valence electrons. The van der Waals surface area contributed by atoms with Gasteiger partial charge in [-0.2, -0.15) is 10.1 Å². The van der Waals surface area contributed by atoms with Crippen LogP contribution < -0.4 is 4.90 Å². The summed E-state index contributed by atoms with van der Waals surface area (Å²) in [6, 6.07) is 0.599. The Bertz CT molecular complexity index is 1090. The Morgan fingerprint density at radius 3 is 2.58 bits per heavy atom. The third kappa shape index (κ3) is 3.92. The van der Waals surface area contributed by atoms with Crippen molar-refractivity contribution in [2.45, 2.75) is 64.0 Å². The number of ether oxygens (including phenoxy) is 1. The van der Waals surface area contributed by atoms with E-state index in [9.17, 15) is 8.78 Å². The Morgan fingerprint density at radius 2 is 1.82 bits per heavy atom. The number of fused-ring (bicyclic) bond motifs is 1. The fraction of sp³-hybridized carbons (Fsp3) is 0.696. The fourth-order valence-corrected chi connectivity index (χ4v) is 5.07. The zero-order chi connectivity index (χ0) is 22.7. The van der Waals surface area contributed by atoms with E-state index >= 15 is 0 Å². The van der Waals surface area contributed by atoms with Crippen LogP contribution in [0.25, 0.3) is 11.2 Å². The predicted octanol–water partition coefficient (Wildman–Crippen LogP) is 3.08. The van der Waals surface area contributed by atoms with Gasteiger partial charge in [0.25, 0.3) is 0 Å². The molecule has 2 aromatic rings. The topological polar surface area (TPSA) is 79.6 Å². The number of hydrogen-bond donors (Lipinski definition) is 0.